The Bertz CT molecular complexity index is 1310. The molecule has 1 heterocycles. The molecular weight excluding hydrogens is 469 g/mol. The largest absolute Gasteiger partial charge is 0.416 e. The van der Waals surface area contributed by atoms with E-state index in [1.54, 1.807) is 0 Å². The van der Waals surface area contributed by atoms with Crippen molar-refractivity contribution in [3.63, 3.8) is 0 Å². The van der Waals surface area contributed by atoms with Crippen molar-refractivity contribution in [2.75, 3.05) is 10.2 Å². The Hall–Kier alpha value is -3.94. The third-order valence-corrected chi connectivity index (χ3v) is 7.03. The summed E-state index contributed by atoms with van der Waals surface area (Å²) in [6, 6.07) is 20.3. The minimum absolute atomic E-state index is 0.0147. The molecule has 1 N–H and O–H groups in total. The van der Waals surface area contributed by atoms with E-state index in [2.05, 4.69) is 5.32 Å². The molecule has 36 heavy (non-hydrogen) atoms. The minimum atomic E-state index is -4.52. The Balaban J connectivity index is 1.29. The zero-order valence-corrected chi connectivity index (χ0v) is 19.2. The van der Waals surface area contributed by atoms with E-state index in [0.29, 0.717) is 18.5 Å². The third-order valence-electron chi connectivity index (χ3n) is 7.03. The van der Waals surface area contributed by atoms with Gasteiger partial charge in [0.05, 0.1) is 23.1 Å². The number of imide groups is 1. The molecule has 0 spiro atoms. The maximum Gasteiger partial charge on any atom is 0.416 e. The van der Waals surface area contributed by atoms with E-state index in [4.69, 9.17) is 0 Å². The molecule has 1 saturated heterocycles. The van der Waals surface area contributed by atoms with Gasteiger partial charge in [0, 0.05) is 11.3 Å². The summed E-state index contributed by atoms with van der Waals surface area (Å²) in [4.78, 5) is 40.1. The standard InChI is InChI=1S/C28H23F3N2O3/c29-28(30,31)20-7-4-8-21(16-20)32-25(34)18-9-12-22(13-10-18)33-26(35)23-14-11-19(15-24(23)27(33)36)17-5-2-1-3-6-17/h1-10,12-13,16,19,23-24H,11,14-15H2,(H,32,34)/t19-,23+,24-/m1/s1. The van der Waals surface area contributed by atoms with Gasteiger partial charge in [-0.2, -0.15) is 13.2 Å². The Morgan fingerprint density at radius 2 is 1.53 bits per heavy atom. The third kappa shape index (κ3) is 4.51. The fraction of sp³-hybridized carbons (Fsp3) is 0.250. The van der Waals surface area contributed by atoms with Crippen molar-refractivity contribution >= 4 is 29.1 Å². The van der Waals surface area contributed by atoms with Crippen LogP contribution in [0.4, 0.5) is 24.5 Å². The highest BCUT2D eigenvalue weighted by Crippen LogP contribution is 2.45. The number of nitrogens with zero attached hydrogens (tertiary/aromatic N) is 1. The van der Waals surface area contributed by atoms with Gasteiger partial charge in [0.15, 0.2) is 0 Å². The summed E-state index contributed by atoms with van der Waals surface area (Å²) in [6.07, 6.45) is -2.42. The summed E-state index contributed by atoms with van der Waals surface area (Å²) in [5, 5.41) is 2.45. The van der Waals surface area contributed by atoms with Crippen molar-refractivity contribution in [3.8, 4) is 0 Å². The lowest BCUT2D eigenvalue weighted by atomic mass is 9.73. The Labute approximate surface area is 205 Å². The maximum atomic E-state index is 13.2. The van der Waals surface area contributed by atoms with E-state index in [-0.39, 0.29) is 40.8 Å². The van der Waals surface area contributed by atoms with E-state index >= 15 is 0 Å². The fourth-order valence-corrected chi connectivity index (χ4v) is 5.20. The van der Waals surface area contributed by atoms with Gasteiger partial charge in [-0.05, 0) is 73.2 Å². The lowest BCUT2D eigenvalue weighted by molar-refractivity contribution is -0.137. The molecule has 3 atom stereocenters. The van der Waals surface area contributed by atoms with E-state index in [9.17, 15) is 27.6 Å². The molecule has 3 aromatic rings. The van der Waals surface area contributed by atoms with Crippen LogP contribution in [0.3, 0.4) is 0 Å². The van der Waals surface area contributed by atoms with Crippen molar-refractivity contribution in [1.82, 2.24) is 0 Å². The molecule has 5 rings (SSSR count). The van der Waals surface area contributed by atoms with Crippen LogP contribution in [0.15, 0.2) is 78.9 Å². The lowest BCUT2D eigenvalue weighted by Crippen LogP contribution is -2.30. The molecule has 0 aromatic heterocycles. The van der Waals surface area contributed by atoms with Crippen LogP contribution in [0, 0.1) is 11.8 Å². The van der Waals surface area contributed by atoms with Gasteiger partial charge in [-0.1, -0.05) is 36.4 Å². The number of nitrogens with one attached hydrogen (secondary N) is 1. The van der Waals surface area contributed by atoms with Gasteiger partial charge in [-0.3, -0.25) is 19.3 Å². The highest BCUT2D eigenvalue weighted by molar-refractivity contribution is 6.22. The van der Waals surface area contributed by atoms with Crippen molar-refractivity contribution < 1.29 is 27.6 Å². The van der Waals surface area contributed by atoms with Crippen LogP contribution in [0.2, 0.25) is 0 Å². The molecule has 0 bridgehead atoms. The number of rotatable bonds is 4. The zero-order chi connectivity index (χ0) is 25.4. The average Bonchev–Trinajstić information content (AvgIpc) is 3.13. The first-order valence-electron chi connectivity index (χ1n) is 11.7. The summed E-state index contributed by atoms with van der Waals surface area (Å²) in [5.41, 5.74) is 0.896. The van der Waals surface area contributed by atoms with Gasteiger partial charge in [0.1, 0.15) is 0 Å². The van der Waals surface area contributed by atoms with E-state index < -0.39 is 17.6 Å². The molecule has 2 aliphatic rings. The number of carbonyl (C=O) groups is 3. The SMILES string of the molecule is O=C(Nc1cccc(C(F)(F)F)c1)c1ccc(N2C(=O)[C@H]3CC[C@@H](c4ccccc4)C[C@H]3C2=O)cc1. The quantitative estimate of drug-likeness (QED) is 0.452. The Kier molecular flexibility index (Phi) is 6.12. The van der Waals surface area contributed by atoms with Gasteiger partial charge in [-0.15, -0.1) is 0 Å². The number of hydrogen-bond donors (Lipinski definition) is 1. The number of fused-ring (bicyclic) bond motifs is 1. The molecule has 1 aliphatic heterocycles. The molecule has 1 aliphatic carbocycles. The molecule has 0 unspecified atom stereocenters. The molecule has 3 aromatic carbocycles. The number of alkyl halides is 3. The maximum absolute atomic E-state index is 13.2. The molecular formula is C28H23F3N2O3. The highest BCUT2D eigenvalue weighted by atomic mass is 19.4. The van der Waals surface area contributed by atoms with Gasteiger partial charge >= 0.3 is 6.18 Å². The smallest absolute Gasteiger partial charge is 0.322 e. The molecule has 2 fully saturated rings. The summed E-state index contributed by atoms with van der Waals surface area (Å²) in [5.74, 6) is -1.54. The van der Waals surface area contributed by atoms with Gasteiger partial charge in [-0.25, -0.2) is 0 Å². The molecule has 8 heteroatoms. The van der Waals surface area contributed by atoms with Crippen molar-refractivity contribution in [2.45, 2.75) is 31.4 Å². The molecule has 5 nitrogen and oxygen atoms in total. The summed E-state index contributed by atoms with van der Waals surface area (Å²) >= 11 is 0. The second-order valence-electron chi connectivity index (χ2n) is 9.23. The second kappa shape index (κ2) is 9.26. The molecule has 3 amide bonds. The van der Waals surface area contributed by atoms with E-state index in [1.807, 2.05) is 30.3 Å². The van der Waals surface area contributed by atoms with Gasteiger partial charge < -0.3 is 5.32 Å². The van der Waals surface area contributed by atoms with Crippen LogP contribution in [0.1, 0.15) is 46.7 Å². The number of amides is 3. The lowest BCUT2D eigenvalue weighted by Gasteiger charge is -2.28. The highest BCUT2D eigenvalue weighted by Gasteiger charge is 2.50. The van der Waals surface area contributed by atoms with Crippen molar-refractivity contribution in [1.29, 1.82) is 0 Å². The summed E-state index contributed by atoms with van der Waals surface area (Å²) in [6.45, 7) is 0. The van der Waals surface area contributed by atoms with Crippen molar-refractivity contribution in [2.24, 2.45) is 11.8 Å². The van der Waals surface area contributed by atoms with Crippen molar-refractivity contribution in [3.05, 3.63) is 95.6 Å². The summed E-state index contributed by atoms with van der Waals surface area (Å²) in [7, 11) is 0. The van der Waals surface area contributed by atoms with Crippen LogP contribution in [-0.4, -0.2) is 17.7 Å². The van der Waals surface area contributed by atoms with Gasteiger partial charge in [0.2, 0.25) is 11.8 Å². The van der Waals surface area contributed by atoms with Gasteiger partial charge in [0.25, 0.3) is 5.91 Å². The predicted octanol–water partition coefficient (Wildman–Crippen LogP) is 6.03. The van der Waals surface area contributed by atoms with E-state index in [0.717, 1.165) is 18.6 Å². The molecule has 1 saturated carbocycles. The number of benzene rings is 3. The monoisotopic (exact) mass is 492 g/mol. The zero-order valence-electron chi connectivity index (χ0n) is 19.2. The molecule has 184 valence electrons. The van der Waals surface area contributed by atoms with Crippen LogP contribution in [0.25, 0.3) is 0 Å². The average molecular weight is 492 g/mol. The number of anilines is 2. The predicted molar refractivity (Wildman–Crippen MR) is 128 cm³/mol. The number of halogens is 3. The Morgan fingerprint density at radius 3 is 2.22 bits per heavy atom. The van der Waals surface area contributed by atoms with Crippen LogP contribution in [0.5, 0.6) is 0 Å². The molecule has 0 radical (unpaired) electrons. The normalized spacial score (nSPS) is 21.9. The first-order chi connectivity index (χ1) is 17.2. The van der Waals surface area contributed by atoms with Crippen LogP contribution in [-0.2, 0) is 15.8 Å². The topological polar surface area (TPSA) is 66.5 Å². The number of carbonyl (C=O) groups excluding carboxylic acids is 3. The van der Waals surface area contributed by atoms with Crippen LogP contribution >= 0.6 is 0 Å². The van der Waals surface area contributed by atoms with E-state index in [1.165, 1.54) is 46.9 Å². The van der Waals surface area contributed by atoms with Crippen LogP contribution < -0.4 is 10.2 Å². The minimum Gasteiger partial charge on any atom is -0.322 e. The summed E-state index contributed by atoms with van der Waals surface area (Å²) < 4.78 is 38.8. The first-order valence-corrected chi connectivity index (χ1v) is 11.7. The fourth-order valence-electron chi connectivity index (χ4n) is 5.20. The first kappa shape index (κ1) is 23.8. The Morgan fingerprint density at radius 1 is 0.833 bits per heavy atom. The number of hydrogen-bond acceptors (Lipinski definition) is 3. The second-order valence-corrected chi connectivity index (χ2v) is 9.23.